The fraction of sp³-hybridized carbons (Fsp3) is 0.452. The van der Waals surface area contributed by atoms with E-state index >= 15 is 0 Å². The van der Waals surface area contributed by atoms with E-state index in [0.717, 1.165) is 0 Å². The van der Waals surface area contributed by atoms with Gasteiger partial charge in [0.2, 0.25) is 0 Å². The van der Waals surface area contributed by atoms with Crippen molar-refractivity contribution in [3.8, 4) is 23.0 Å². The molecule has 2 unspecified atom stereocenters. The lowest BCUT2D eigenvalue weighted by Gasteiger charge is -2.55. The van der Waals surface area contributed by atoms with Gasteiger partial charge in [0, 0.05) is 37.3 Å². The Morgan fingerprint density at radius 2 is 1.05 bits per heavy atom. The van der Waals surface area contributed by atoms with Gasteiger partial charge in [-0.15, -0.1) is 0 Å². The molecule has 0 radical (unpaired) electrons. The molecule has 0 spiro atoms. The second-order valence-electron chi connectivity index (χ2n) is 12.2. The number of amides is 2. The van der Waals surface area contributed by atoms with E-state index in [2.05, 4.69) is 0 Å². The van der Waals surface area contributed by atoms with Crippen LogP contribution in [0.4, 0.5) is 0 Å². The van der Waals surface area contributed by atoms with Gasteiger partial charge in [0.05, 0.1) is 10.8 Å². The van der Waals surface area contributed by atoms with Crippen LogP contribution in [-0.4, -0.2) is 90.6 Å². The van der Waals surface area contributed by atoms with Crippen molar-refractivity contribution in [1.29, 1.82) is 0 Å². The van der Waals surface area contributed by atoms with E-state index in [1.807, 2.05) is 0 Å². The molecule has 42 heavy (non-hydrogen) atoms. The molecule has 2 aromatic carbocycles. The number of nitrogens with zero attached hydrogens (tertiary/aromatic N) is 2. The average molecular weight is 577 g/mol. The highest BCUT2D eigenvalue weighted by atomic mass is 16.6. The summed E-state index contributed by atoms with van der Waals surface area (Å²) in [6.07, 6.45) is -1.47. The highest BCUT2D eigenvalue weighted by Gasteiger charge is 2.57. The summed E-state index contributed by atoms with van der Waals surface area (Å²) in [5.74, 6) is 0.685. The average Bonchev–Trinajstić information content (AvgIpc) is 2.96. The third kappa shape index (κ3) is 4.66. The van der Waals surface area contributed by atoms with Crippen LogP contribution < -0.4 is 18.9 Å². The number of likely N-dealkylation sites (tertiary alicyclic amines) is 2. The van der Waals surface area contributed by atoms with E-state index in [1.54, 1.807) is 60.0 Å². The summed E-state index contributed by atoms with van der Waals surface area (Å²) in [4.78, 5) is 67.9. The molecule has 4 heterocycles. The van der Waals surface area contributed by atoms with Crippen LogP contribution in [0.25, 0.3) is 0 Å². The van der Waals surface area contributed by atoms with E-state index in [1.165, 1.54) is 13.8 Å². The molecule has 2 amide bonds. The molecule has 4 aliphatic heterocycles. The van der Waals surface area contributed by atoms with Crippen LogP contribution in [0.2, 0.25) is 0 Å². The number of fused-ring (bicyclic) bond motifs is 4. The number of carbonyl (C=O) groups is 5. The Morgan fingerprint density at radius 3 is 1.40 bits per heavy atom. The molecule has 2 aromatic rings. The van der Waals surface area contributed by atoms with Crippen LogP contribution in [0, 0.1) is 10.8 Å². The fourth-order valence-electron chi connectivity index (χ4n) is 6.38. The molecule has 2 saturated heterocycles. The number of carbonyl (C=O) groups excluding carboxylic acids is 5. The minimum Gasteiger partial charge on any atom is -0.485 e. The van der Waals surface area contributed by atoms with E-state index in [9.17, 15) is 24.0 Å². The number of ketones is 3. The number of ether oxygens (including phenoxy) is 4. The molecule has 6 rings (SSSR count). The molecular weight excluding hydrogens is 544 g/mol. The summed E-state index contributed by atoms with van der Waals surface area (Å²) in [7, 11) is 0. The summed E-state index contributed by atoms with van der Waals surface area (Å²) >= 11 is 0. The van der Waals surface area contributed by atoms with Crippen molar-refractivity contribution in [3.05, 3.63) is 47.5 Å². The van der Waals surface area contributed by atoms with Gasteiger partial charge in [-0.1, -0.05) is 0 Å². The van der Waals surface area contributed by atoms with E-state index in [0.29, 0.717) is 34.1 Å². The Morgan fingerprint density at radius 1 is 0.667 bits per heavy atom. The standard InChI is InChI=1S/C31H32N2O9/c1-17(34)25-11-39-21-7-5-19(9-23(21)41-25)27(36)32-13-30(3)15-33(16-31(4,14-32)29(30)38)28(37)20-6-8-22-24(10-20)42-26(12-40-22)18(2)35/h5-10,25-26H,11-16H2,1-4H3. The van der Waals surface area contributed by atoms with Gasteiger partial charge < -0.3 is 28.7 Å². The lowest BCUT2D eigenvalue weighted by atomic mass is 9.64. The van der Waals surface area contributed by atoms with Crippen LogP contribution in [-0.2, 0) is 14.4 Å². The second kappa shape index (κ2) is 9.85. The molecule has 0 N–H and O–H groups in total. The second-order valence-corrected chi connectivity index (χ2v) is 12.2. The van der Waals surface area contributed by atoms with Gasteiger partial charge in [0.15, 0.2) is 52.6 Å². The predicted molar refractivity (Wildman–Crippen MR) is 147 cm³/mol. The van der Waals surface area contributed by atoms with Crippen molar-refractivity contribution in [1.82, 2.24) is 9.80 Å². The van der Waals surface area contributed by atoms with Gasteiger partial charge in [-0.2, -0.15) is 0 Å². The van der Waals surface area contributed by atoms with Crippen molar-refractivity contribution in [2.45, 2.75) is 39.9 Å². The first-order valence-electron chi connectivity index (χ1n) is 13.9. The molecule has 4 aliphatic rings. The van der Waals surface area contributed by atoms with Gasteiger partial charge in [-0.3, -0.25) is 24.0 Å². The number of piperidine rings is 2. The largest absolute Gasteiger partial charge is 0.485 e. The van der Waals surface area contributed by atoms with Gasteiger partial charge in [0.1, 0.15) is 13.2 Å². The Labute approximate surface area is 242 Å². The molecular formula is C31H32N2O9. The monoisotopic (exact) mass is 576 g/mol. The number of benzene rings is 2. The molecule has 0 aliphatic carbocycles. The summed E-state index contributed by atoms with van der Waals surface area (Å²) in [6, 6.07) is 9.71. The molecule has 2 atom stereocenters. The van der Waals surface area contributed by atoms with Crippen LogP contribution in [0.3, 0.4) is 0 Å². The van der Waals surface area contributed by atoms with E-state index < -0.39 is 23.0 Å². The summed E-state index contributed by atoms with van der Waals surface area (Å²) < 4.78 is 22.8. The molecule has 0 aromatic heterocycles. The number of rotatable bonds is 4. The first kappa shape index (κ1) is 27.7. The van der Waals surface area contributed by atoms with Gasteiger partial charge >= 0.3 is 0 Å². The van der Waals surface area contributed by atoms with Crippen LogP contribution >= 0.6 is 0 Å². The van der Waals surface area contributed by atoms with Gasteiger partial charge in [0.25, 0.3) is 11.8 Å². The molecule has 2 bridgehead atoms. The summed E-state index contributed by atoms with van der Waals surface area (Å²) in [5.41, 5.74) is -1.27. The van der Waals surface area contributed by atoms with Crippen LogP contribution in [0.15, 0.2) is 36.4 Å². The zero-order valence-corrected chi connectivity index (χ0v) is 23.9. The Kier molecular flexibility index (Phi) is 6.51. The van der Waals surface area contributed by atoms with Crippen molar-refractivity contribution in [3.63, 3.8) is 0 Å². The minimum absolute atomic E-state index is 0.0149. The third-order valence-corrected chi connectivity index (χ3v) is 8.44. The predicted octanol–water partition coefficient (Wildman–Crippen LogP) is 2.34. The van der Waals surface area contributed by atoms with E-state index in [-0.39, 0.29) is 68.6 Å². The van der Waals surface area contributed by atoms with E-state index in [4.69, 9.17) is 18.9 Å². The highest BCUT2D eigenvalue weighted by Crippen LogP contribution is 2.44. The molecule has 2 fully saturated rings. The Balaban J connectivity index is 1.21. The molecule has 11 heteroatoms. The smallest absolute Gasteiger partial charge is 0.254 e. The van der Waals surface area contributed by atoms with Gasteiger partial charge in [-0.25, -0.2) is 0 Å². The minimum atomic E-state index is -0.988. The number of Topliss-reactive ketones (excluding diaryl/α,β-unsaturated/α-hetero) is 3. The third-order valence-electron chi connectivity index (χ3n) is 8.44. The Bertz CT molecular complexity index is 1410. The van der Waals surface area contributed by atoms with Gasteiger partial charge in [-0.05, 0) is 64.1 Å². The first-order chi connectivity index (χ1) is 19.9. The molecule has 0 saturated carbocycles. The summed E-state index contributed by atoms with van der Waals surface area (Å²) in [5, 5.41) is 0. The number of hydrogen-bond acceptors (Lipinski definition) is 9. The maximum absolute atomic E-state index is 13.7. The molecule has 11 nitrogen and oxygen atoms in total. The van der Waals surface area contributed by atoms with Crippen LogP contribution in [0.5, 0.6) is 23.0 Å². The van der Waals surface area contributed by atoms with Crippen molar-refractivity contribution in [2.75, 3.05) is 39.4 Å². The normalized spacial score (nSPS) is 27.8. The maximum Gasteiger partial charge on any atom is 0.254 e. The topological polar surface area (TPSA) is 129 Å². The van der Waals surface area contributed by atoms with Crippen molar-refractivity contribution in [2.24, 2.45) is 10.8 Å². The van der Waals surface area contributed by atoms with Crippen molar-refractivity contribution >= 4 is 29.2 Å². The Hall–Kier alpha value is -4.41. The maximum atomic E-state index is 13.7. The van der Waals surface area contributed by atoms with Crippen LogP contribution in [0.1, 0.15) is 48.4 Å². The number of hydrogen-bond donors (Lipinski definition) is 0. The fourth-order valence-corrected chi connectivity index (χ4v) is 6.38. The SMILES string of the molecule is CC(=O)C1COc2ccc(C(=O)N3CC4(C)CN(C(=O)c5ccc6c(c5)OC(C(C)=O)CO6)CC(C)(C3)C4=O)cc2O1. The first-order valence-corrected chi connectivity index (χ1v) is 13.9. The zero-order chi connectivity index (χ0) is 30.0. The zero-order valence-electron chi connectivity index (χ0n) is 23.9. The summed E-state index contributed by atoms with van der Waals surface area (Å²) in [6.45, 7) is 7.18. The highest BCUT2D eigenvalue weighted by molar-refractivity contribution is 6.01. The molecule has 220 valence electrons. The van der Waals surface area contributed by atoms with Crippen molar-refractivity contribution < 1.29 is 42.9 Å². The lowest BCUT2D eigenvalue weighted by Crippen LogP contribution is -2.69. The lowest BCUT2D eigenvalue weighted by molar-refractivity contribution is -0.153. The quantitative estimate of drug-likeness (QED) is 0.539.